The molecular weight excluding hydrogens is 430 g/mol. The van der Waals surface area contributed by atoms with Gasteiger partial charge in [-0.1, -0.05) is 12.1 Å². The van der Waals surface area contributed by atoms with Gasteiger partial charge >= 0.3 is 0 Å². The average Bonchev–Trinajstić information content (AvgIpc) is 2.88. The molecule has 0 atom stereocenters. The standard InChI is InChI=1S/C27H29N3O4/c1-33-25-10-6-8-22(18-25)28-26(31)19-34-24-13-11-20(12-14-24)27(32)29-21-7-5-9-23(17-21)30-15-3-2-4-16-30/h5-14,17-18H,2-4,15-16,19H2,1H3,(H,28,31)(H,29,32). The van der Waals surface area contributed by atoms with Crippen LogP contribution >= 0.6 is 0 Å². The molecule has 7 nitrogen and oxygen atoms in total. The predicted octanol–water partition coefficient (Wildman–Crippen LogP) is 4.96. The van der Waals surface area contributed by atoms with Crippen molar-refractivity contribution in [2.75, 3.05) is 42.3 Å². The van der Waals surface area contributed by atoms with E-state index in [1.165, 1.54) is 19.3 Å². The molecule has 0 aromatic heterocycles. The van der Waals surface area contributed by atoms with Crippen LogP contribution in [0.25, 0.3) is 0 Å². The van der Waals surface area contributed by atoms with E-state index in [0.717, 1.165) is 24.5 Å². The second-order valence-corrected chi connectivity index (χ2v) is 8.15. The zero-order valence-electron chi connectivity index (χ0n) is 19.3. The van der Waals surface area contributed by atoms with E-state index in [1.54, 1.807) is 55.6 Å². The molecule has 2 N–H and O–H groups in total. The summed E-state index contributed by atoms with van der Waals surface area (Å²) in [6.07, 6.45) is 3.68. The highest BCUT2D eigenvalue weighted by atomic mass is 16.5. The van der Waals surface area contributed by atoms with Crippen LogP contribution in [0.1, 0.15) is 29.6 Å². The van der Waals surface area contributed by atoms with Crippen LogP contribution in [-0.4, -0.2) is 38.6 Å². The Balaban J connectivity index is 1.29. The molecule has 1 heterocycles. The van der Waals surface area contributed by atoms with E-state index in [1.807, 2.05) is 18.2 Å². The molecule has 0 aliphatic carbocycles. The van der Waals surface area contributed by atoms with Gasteiger partial charge in [0, 0.05) is 41.8 Å². The molecule has 1 aliphatic rings. The van der Waals surface area contributed by atoms with E-state index in [2.05, 4.69) is 21.6 Å². The average molecular weight is 460 g/mol. The van der Waals surface area contributed by atoms with Gasteiger partial charge in [0.1, 0.15) is 11.5 Å². The quantitative estimate of drug-likeness (QED) is 0.498. The van der Waals surface area contributed by atoms with Crippen molar-refractivity contribution in [3.63, 3.8) is 0 Å². The molecule has 34 heavy (non-hydrogen) atoms. The van der Waals surface area contributed by atoms with Crippen LogP contribution in [0.4, 0.5) is 17.1 Å². The Morgan fingerprint density at radius 2 is 1.53 bits per heavy atom. The fourth-order valence-electron chi connectivity index (χ4n) is 3.89. The summed E-state index contributed by atoms with van der Waals surface area (Å²) >= 11 is 0. The second-order valence-electron chi connectivity index (χ2n) is 8.15. The smallest absolute Gasteiger partial charge is 0.262 e. The highest BCUT2D eigenvalue weighted by molar-refractivity contribution is 6.04. The lowest BCUT2D eigenvalue weighted by molar-refractivity contribution is -0.118. The number of carbonyl (C=O) groups is 2. The largest absolute Gasteiger partial charge is 0.497 e. The first-order valence-electron chi connectivity index (χ1n) is 11.4. The number of benzene rings is 3. The van der Waals surface area contributed by atoms with Crippen LogP contribution in [-0.2, 0) is 4.79 Å². The molecule has 176 valence electrons. The van der Waals surface area contributed by atoms with Crippen molar-refractivity contribution in [3.8, 4) is 11.5 Å². The molecule has 1 fully saturated rings. The first kappa shape index (κ1) is 23.2. The maximum atomic E-state index is 12.7. The number of carbonyl (C=O) groups excluding carboxylic acids is 2. The van der Waals surface area contributed by atoms with Crippen LogP contribution in [0.5, 0.6) is 11.5 Å². The number of anilines is 3. The third-order valence-corrected chi connectivity index (χ3v) is 5.67. The summed E-state index contributed by atoms with van der Waals surface area (Å²) < 4.78 is 10.7. The van der Waals surface area contributed by atoms with Gasteiger partial charge in [-0.3, -0.25) is 9.59 Å². The lowest BCUT2D eigenvalue weighted by atomic mass is 10.1. The molecular formula is C27H29N3O4. The molecule has 1 saturated heterocycles. The number of nitrogens with one attached hydrogen (secondary N) is 2. The summed E-state index contributed by atoms with van der Waals surface area (Å²) in [6, 6.07) is 21.8. The van der Waals surface area contributed by atoms with Gasteiger partial charge in [-0.15, -0.1) is 0 Å². The molecule has 7 heteroatoms. The van der Waals surface area contributed by atoms with E-state index in [9.17, 15) is 9.59 Å². The van der Waals surface area contributed by atoms with Gasteiger partial charge in [0.15, 0.2) is 6.61 Å². The number of rotatable bonds is 8. The van der Waals surface area contributed by atoms with Crippen molar-refractivity contribution >= 4 is 28.9 Å². The Kier molecular flexibility index (Phi) is 7.65. The fourth-order valence-corrected chi connectivity index (χ4v) is 3.89. The minimum Gasteiger partial charge on any atom is -0.497 e. The molecule has 3 aromatic rings. The van der Waals surface area contributed by atoms with Gasteiger partial charge < -0.3 is 25.0 Å². The van der Waals surface area contributed by atoms with Crippen molar-refractivity contribution in [2.45, 2.75) is 19.3 Å². The van der Waals surface area contributed by atoms with E-state index >= 15 is 0 Å². The molecule has 1 aliphatic heterocycles. The summed E-state index contributed by atoms with van der Waals surface area (Å²) in [5.41, 5.74) is 3.04. The van der Waals surface area contributed by atoms with Gasteiger partial charge in [-0.2, -0.15) is 0 Å². The number of hydrogen-bond acceptors (Lipinski definition) is 5. The first-order valence-corrected chi connectivity index (χ1v) is 11.4. The summed E-state index contributed by atoms with van der Waals surface area (Å²) in [6.45, 7) is 1.96. The normalized spacial score (nSPS) is 13.1. The Bertz CT molecular complexity index is 1120. The van der Waals surface area contributed by atoms with E-state index in [4.69, 9.17) is 9.47 Å². The molecule has 0 unspecified atom stereocenters. The fraction of sp³-hybridized carbons (Fsp3) is 0.259. The zero-order chi connectivity index (χ0) is 23.8. The SMILES string of the molecule is COc1cccc(NC(=O)COc2ccc(C(=O)Nc3cccc(N4CCCCC4)c3)cc2)c1. The van der Waals surface area contributed by atoms with Gasteiger partial charge in [0.2, 0.25) is 0 Å². The Hall–Kier alpha value is -4.00. The monoisotopic (exact) mass is 459 g/mol. The Labute approximate surface area is 199 Å². The van der Waals surface area contributed by atoms with Crippen LogP contribution in [0.2, 0.25) is 0 Å². The van der Waals surface area contributed by atoms with E-state index in [-0.39, 0.29) is 18.4 Å². The van der Waals surface area contributed by atoms with Crippen molar-refractivity contribution in [1.82, 2.24) is 0 Å². The summed E-state index contributed by atoms with van der Waals surface area (Å²) in [4.78, 5) is 27.2. The second kappa shape index (κ2) is 11.2. The van der Waals surface area contributed by atoms with E-state index in [0.29, 0.717) is 22.7 Å². The molecule has 0 saturated carbocycles. The first-order chi connectivity index (χ1) is 16.6. The minimum absolute atomic E-state index is 0.147. The van der Waals surface area contributed by atoms with Crippen LogP contribution in [0, 0.1) is 0 Å². The topological polar surface area (TPSA) is 79.9 Å². The maximum Gasteiger partial charge on any atom is 0.262 e. The van der Waals surface area contributed by atoms with Gasteiger partial charge in [-0.25, -0.2) is 0 Å². The van der Waals surface area contributed by atoms with Crippen LogP contribution in [0.3, 0.4) is 0 Å². The third kappa shape index (κ3) is 6.28. The van der Waals surface area contributed by atoms with Gasteiger partial charge in [0.25, 0.3) is 11.8 Å². The van der Waals surface area contributed by atoms with Crippen molar-refractivity contribution in [3.05, 3.63) is 78.4 Å². The molecule has 0 bridgehead atoms. The minimum atomic E-state index is -0.288. The lowest BCUT2D eigenvalue weighted by Crippen LogP contribution is -2.29. The zero-order valence-corrected chi connectivity index (χ0v) is 19.3. The highest BCUT2D eigenvalue weighted by Gasteiger charge is 2.13. The Morgan fingerprint density at radius 1 is 0.824 bits per heavy atom. The molecule has 3 aromatic carbocycles. The number of nitrogens with zero attached hydrogens (tertiary/aromatic N) is 1. The number of amides is 2. The maximum absolute atomic E-state index is 12.7. The van der Waals surface area contributed by atoms with E-state index < -0.39 is 0 Å². The van der Waals surface area contributed by atoms with Gasteiger partial charge in [0.05, 0.1) is 7.11 Å². The number of piperidine rings is 1. The molecule has 0 spiro atoms. The Morgan fingerprint density at radius 3 is 2.26 bits per heavy atom. The third-order valence-electron chi connectivity index (χ3n) is 5.67. The van der Waals surface area contributed by atoms with Crippen molar-refractivity contribution < 1.29 is 19.1 Å². The number of methoxy groups -OCH3 is 1. The highest BCUT2D eigenvalue weighted by Crippen LogP contribution is 2.24. The van der Waals surface area contributed by atoms with Crippen molar-refractivity contribution in [2.24, 2.45) is 0 Å². The van der Waals surface area contributed by atoms with Crippen LogP contribution < -0.4 is 25.0 Å². The van der Waals surface area contributed by atoms with Crippen LogP contribution in [0.15, 0.2) is 72.8 Å². The summed E-state index contributed by atoms with van der Waals surface area (Å²) in [5, 5.41) is 5.72. The summed E-state index contributed by atoms with van der Waals surface area (Å²) in [7, 11) is 1.57. The van der Waals surface area contributed by atoms with Crippen molar-refractivity contribution in [1.29, 1.82) is 0 Å². The summed E-state index contributed by atoms with van der Waals surface area (Å²) in [5.74, 6) is 0.678. The predicted molar refractivity (Wildman–Crippen MR) is 134 cm³/mol. The number of ether oxygens (including phenoxy) is 2. The molecule has 4 rings (SSSR count). The lowest BCUT2D eigenvalue weighted by Gasteiger charge is -2.29. The number of hydrogen-bond donors (Lipinski definition) is 2. The molecule has 2 amide bonds. The molecule has 0 radical (unpaired) electrons. The van der Waals surface area contributed by atoms with Gasteiger partial charge in [-0.05, 0) is 73.9 Å².